The van der Waals surface area contributed by atoms with Gasteiger partial charge in [0.25, 0.3) is 0 Å². The number of ether oxygens (including phenoxy) is 1. The van der Waals surface area contributed by atoms with Crippen LogP contribution in [0.25, 0.3) is 11.3 Å². The second-order valence-corrected chi connectivity index (χ2v) is 3.44. The van der Waals surface area contributed by atoms with Gasteiger partial charge in [-0.1, -0.05) is 12.1 Å². The van der Waals surface area contributed by atoms with Gasteiger partial charge in [0.1, 0.15) is 5.75 Å². The third-order valence-electron chi connectivity index (χ3n) is 2.37. The molecular formula is C12H12F2N2O. The highest BCUT2D eigenvalue weighted by Gasteiger charge is 2.08. The van der Waals surface area contributed by atoms with Gasteiger partial charge in [-0.15, -0.1) is 0 Å². The Hall–Kier alpha value is -1.91. The zero-order valence-corrected chi connectivity index (χ0v) is 9.31. The van der Waals surface area contributed by atoms with Crippen molar-refractivity contribution in [2.24, 2.45) is 0 Å². The standard InChI is InChI=1S/C12H12F2N2O/c1-2-16-11(6-7-15-16)9-4-3-5-10(8-9)17-12(13)14/h3-8,12H,2H2,1H3. The van der Waals surface area contributed by atoms with Gasteiger partial charge in [-0.05, 0) is 25.1 Å². The van der Waals surface area contributed by atoms with E-state index in [0.717, 1.165) is 17.8 Å². The van der Waals surface area contributed by atoms with Gasteiger partial charge in [0.15, 0.2) is 0 Å². The van der Waals surface area contributed by atoms with E-state index >= 15 is 0 Å². The van der Waals surface area contributed by atoms with Gasteiger partial charge in [-0.2, -0.15) is 13.9 Å². The lowest BCUT2D eigenvalue weighted by Gasteiger charge is -2.08. The van der Waals surface area contributed by atoms with Crippen molar-refractivity contribution in [3.05, 3.63) is 36.5 Å². The summed E-state index contributed by atoms with van der Waals surface area (Å²) in [4.78, 5) is 0. The Morgan fingerprint density at radius 3 is 2.88 bits per heavy atom. The van der Waals surface area contributed by atoms with Crippen LogP contribution in [0.4, 0.5) is 8.78 Å². The van der Waals surface area contributed by atoms with Crippen LogP contribution in [0.1, 0.15) is 6.92 Å². The average molecular weight is 238 g/mol. The van der Waals surface area contributed by atoms with Crippen molar-refractivity contribution in [3.63, 3.8) is 0 Å². The third kappa shape index (κ3) is 2.61. The summed E-state index contributed by atoms with van der Waals surface area (Å²) in [5, 5.41) is 4.13. The van der Waals surface area contributed by atoms with Crippen molar-refractivity contribution < 1.29 is 13.5 Å². The lowest BCUT2D eigenvalue weighted by Crippen LogP contribution is -2.02. The van der Waals surface area contributed by atoms with Crippen molar-refractivity contribution >= 4 is 0 Å². The molecule has 0 aliphatic rings. The molecule has 0 saturated carbocycles. The normalized spacial score (nSPS) is 10.8. The van der Waals surface area contributed by atoms with Gasteiger partial charge in [0, 0.05) is 18.3 Å². The Morgan fingerprint density at radius 2 is 2.18 bits per heavy atom. The van der Waals surface area contributed by atoms with E-state index in [1.165, 1.54) is 6.07 Å². The monoisotopic (exact) mass is 238 g/mol. The van der Waals surface area contributed by atoms with E-state index < -0.39 is 6.61 Å². The van der Waals surface area contributed by atoms with Gasteiger partial charge in [0.05, 0.1) is 5.69 Å². The van der Waals surface area contributed by atoms with Crippen molar-refractivity contribution in [1.82, 2.24) is 9.78 Å². The zero-order chi connectivity index (χ0) is 12.3. The summed E-state index contributed by atoms with van der Waals surface area (Å²) < 4.78 is 30.4. The second kappa shape index (κ2) is 4.95. The van der Waals surface area contributed by atoms with Crippen LogP contribution in [-0.4, -0.2) is 16.4 Å². The van der Waals surface area contributed by atoms with Crippen molar-refractivity contribution in [1.29, 1.82) is 0 Å². The molecular weight excluding hydrogens is 226 g/mol. The van der Waals surface area contributed by atoms with Crippen LogP contribution in [-0.2, 0) is 6.54 Å². The Labute approximate surface area is 97.6 Å². The van der Waals surface area contributed by atoms with Crippen LogP contribution >= 0.6 is 0 Å². The molecule has 0 unspecified atom stereocenters. The highest BCUT2D eigenvalue weighted by atomic mass is 19.3. The number of rotatable bonds is 4. The summed E-state index contributed by atoms with van der Waals surface area (Å²) in [5.41, 5.74) is 1.69. The van der Waals surface area contributed by atoms with Gasteiger partial charge in [0.2, 0.25) is 0 Å². The van der Waals surface area contributed by atoms with Gasteiger partial charge >= 0.3 is 6.61 Å². The molecule has 2 rings (SSSR count). The summed E-state index contributed by atoms with van der Waals surface area (Å²) >= 11 is 0. The molecule has 17 heavy (non-hydrogen) atoms. The van der Waals surface area contributed by atoms with E-state index in [0.29, 0.717) is 0 Å². The fourth-order valence-electron chi connectivity index (χ4n) is 1.66. The topological polar surface area (TPSA) is 27.1 Å². The molecule has 2 aromatic rings. The van der Waals surface area contributed by atoms with E-state index in [-0.39, 0.29) is 5.75 Å². The minimum absolute atomic E-state index is 0.154. The summed E-state index contributed by atoms with van der Waals surface area (Å²) in [6, 6.07) is 8.43. The maximum absolute atomic E-state index is 12.1. The lowest BCUT2D eigenvalue weighted by molar-refractivity contribution is -0.0498. The number of nitrogens with zero attached hydrogens (tertiary/aromatic N) is 2. The Balaban J connectivity index is 2.33. The minimum Gasteiger partial charge on any atom is -0.435 e. The summed E-state index contributed by atoms with van der Waals surface area (Å²) in [5.74, 6) is 0.154. The molecule has 0 aliphatic carbocycles. The van der Waals surface area contributed by atoms with Gasteiger partial charge < -0.3 is 4.74 Å². The fourth-order valence-corrected chi connectivity index (χ4v) is 1.66. The Bertz CT molecular complexity index is 497. The molecule has 1 aromatic heterocycles. The summed E-state index contributed by atoms with van der Waals surface area (Å²) in [7, 11) is 0. The number of benzene rings is 1. The molecule has 0 bridgehead atoms. The molecule has 1 heterocycles. The Kier molecular flexibility index (Phi) is 3.37. The number of halogens is 2. The molecule has 0 N–H and O–H groups in total. The molecule has 0 aliphatic heterocycles. The molecule has 5 heteroatoms. The molecule has 0 fully saturated rings. The smallest absolute Gasteiger partial charge is 0.387 e. The first-order chi connectivity index (χ1) is 8.20. The molecule has 90 valence electrons. The molecule has 0 radical (unpaired) electrons. The fraction of sp³-hybridized carbons (Fsp3) is 0.250. The highest BCUT2D eigenvalue weighted by molar-refractivity contribution is 5.61. The van der Waals surface area contributed by atoms with Crippen molar-refractivity contribution in [3.8, 4) is 17.0 Å². The maximum atomic E-state index is 12.1. The second-order valence-electron chi connectivity index (χ2n) is 3.44. The molecule has 3 nitrogen and oxygen atoms in total. The van der Waals surface area contributed by atoms with Crippen molar-refractivity contribution in [2.75, 3.05) is 0 Å². The van der Waals surface area contributed by atoms with Crippen LogP contribution < -0.4 is 4.74 Å². The van der Waals surface area contributed by atoms with Crippen LogP contribution in [0.15, 0.2) is 36.5 Å². The molecule has 1 aromatic carbocycles. The number of aromatic nitrogens is 2. The molecule has 0 spiro atoms. The maximum Gasteiger partial charge on any atom is 0.387 e. The summed E-state index contributed by atoms with van der Waals surface area (Å²) in [6.07, 6.45) is 1.68. The van der Waals surface area contributed by atoms with E-state index in [9.17, 15) is 8.78 Å². The van der Waals surface area contributed by atoms with E-state index in [4.69, 9.17) is 0 Å². The van der Waals surface area contributed by atoms with E-state index in [1.807, 2.05) is 19.1 Å². The number of hydrogen-bond donors (Lipinski definition) is 0. The molecule has 0 saturated heterocycles. The summed E-state index contributed by atoms with van der Waals surface area (Å²) in [6.45, 7) is -0.112. The van der Waals surface area contributed by atoms with E-state index in [2.05, 4.69) is 9.84 Å². The first-order valence-corrected chi connectivity index (χ1v) is 5.27. The van der Waals surface area contributed by atoms with Crippen LogP contribution in [0.2, 0.25) is 0 Å². The molecule has 0 amide bonds. The van der Waals surface area contributed by atoms with Crippen molar-refractivity contribution in [2.45, 2.75) is 20.1 Å². The highest BCUT2D eigenvalue weighted by Crippen LogP contribution is 2.24. The van der Waals surface area contributed by atoms with Crippen LogP contribution in [0, 0.1) is 0 Å². The minimum atomic E-state index is -2.80. The predicted molar refractivity (Wildman–Crippen MR) is 60.0 cm³/mol. The lowest BCUT2D eigenvalue weighted by atomic mass is 10.1. The number of aryl methyl sites for hydroxylation is 1. The first kappa shape index (κ1) is 11.6. The predicted octanol–water partition coefficient (Wildman–Crippen LogP) is 3.17. The number of hydrogen-bond acceptors (Lipinski definition) is 2. The van der Waals surface area contributed by atoms with Gasteiger partial charge in [-0.3, -0.25) is 4.68 Å². The first-order valence-electron chi connectivity index (χ1n) is 5.27. The van der Waals surface area contributed by atoms with Gasteiger partial charge in [-0.25, -0.2) is 0 Å². The third-order valence-corrected chi connectivity index (χ3v) is 2.37. The molecule has 0 atom stereocenters. The SMILES string of the molecule is CCn1nccc1-c1cccc(OC(F)F)c1. The number of alkyl halides is 2. The van der Waals surface area contributed by atoms with Crippen LogP contribution in [0.5, 0.6) is 5.75 Å². The Morgan fingerprint density at radius 1 is 1.35 bits per heavy atom. The average Bonchev–Trinajstić information content (AvgIpc) is 2.76. The van der Waals surface area contributed by atoms with E-state index in [1.54, 1.807) is 23.0 Å². The zero-order valence-electron chi connectivity index (χ0n) is 9.31. The largest absolute Gasteiger partial charge is 0.435 e. The van der Waals surface area contributed by atoms with Crippen LogP contribution in [0.3, 0.4) is 0 Å². The quantitative estimate of drug-likeness (QED) is 0.818.